The molecule has 2 N–H and O–H groups in total. The Labute approximate surface area is 212 Å². The number of rotatable bonds is 7. The van der Waals surface area contributed by atoms with Crippen molar-refractivity contribution >= 4 is 35.0 Å². The molecule has 1 atom stereocenters. The van der Waals surface area contributed by atoms with Gasteiger partial charge in [-0.15, -0.1) is 11.8 Å². The Morgan fingerprint density at radius 3 is 2.11 bits per heavy atom. The van der Waals surface area contributed by atoms with Crippen LogP contribution in [-0.4, -0.2) is 11.8 Å². The first-order chi connectivity index (χ1) is 17.3. The van der Waals surface area contributed by atoms with Gasteiger partial charge in [0.15, 0.2) is 0 Å². The lowest BCUT2D eigenvalue weighted by molar-refractivity contribution is -0.137. The molecule has 1 unspecified atom stereocenters. The zero-order valence-electron chi connectivity index (χ0n) is 19.6. The molecular formula is C28H27F3N2O2S. The molecule has 3 aromatic carbocycles. The van der Waals surface area contributed by atoms with E-state index in [-0.39, 0.29) is 17.5 Å². The molecule has 188 valence electrons. The summed E-state index contributed by atoms with van der Waals surface area (Å²) in [5.74, 6) is -0.490. The Bertz CT molecular complexity index is 1180. The summed E-state index contributed by atoms with van der Waals surface area (Å²) in [4.78, 5) is 26.5. The normalized spacial score (nSPS) is 15.2. The Balaban J connectivity index is 1.49. The quantitative estimate of drug-likeness (QED) is 0.319. The maximum atomic E-state index is 13.4. The summed E-state index contributed by atoms with van der Waals surface area (Å²) in [6.07, 6.45) is 0.551. The largest absolute Gasteiger partial charge is 0.418 e. The van der Waals surface area contributed by atoms with Crippen molar-refractivity contribution in [2.45, 2.75) is 48.4 Å². The molecule has 1 aliphatic carbocycles. The monoisotopic (exact) mass is 512 g/mol. The molecule has 36 heavy (non-hydrogen) atoms. The van der Waals surface area contributed by atoms with Gasteiger partial charge < -0.3 is 10.6 Å². The number of nitrogens with one attached hydrogen (secondary N) is 2. The molecule has 0 aromatic heterocycles. The Hall–Kier alpha value is -3.26. The van der Waals surface area contributed by atoms with Crippen LogP contribution in [0.4, 0.5) is 24.5 Å². The number of alkyl halides is 3. The number of benzene rings is 3. The molecule has 4 rings (SSSR count). The number of halogens is 3. The van der Waals surface area contributed by atoms with Crippen LogP contribution in [0.2, 0.25) is 0 Å². The predicted molar refractivity (Wildman–Crippen MR) is 137 cm³/mol. The first-order valence-electron chi connectivity index (χ1n) is 11.9. The van der Waals surface area contributed by atoms with Crippen LogP contribution in [0.25, 0.3) is 0 Å². The van der Waals surface area contributed by atoms with Gasteiger partial charge in [-0.05, 0) is 54.8 Å². The minimum Gasteiger partial charge on any atom is -0.326 e. The van der Waals surface area contributed by atoms with Crippen LogP contribution in [-0.2, 0) is 15.8 Å². The number of para-hydroxylation sites is 1. The lowest BCUT2D eigenvalue weighted by Crippen LogP contribution is -2.24. The van der Waals surface area contributed by atoms with E-state index in [1.54, 1.807) is 48.5 Å². The molecule has 3 aromatic rings. The first kappa shape index (κ1) is 25.8. The van der Waals surface area contributed by atoms with E-state index in [4.69, 9.17) is 0 Å². The predicted octanol–water partition coefficient (Wildman–Crippen LogP) is 7.70. The molecule has 0 bridgehead atoms. The van der Waals surface area contributed by atoms with Gasteiger partial charge in [0.05, 0.1) is 11.3 Å². The van der Waals surface area contributed by atoms with Gasteiger partial charge in [0.1, 0.15) is 5.25 Å². The van der Waals surface area contributed by atoms with Crippen molar-refractivity contribution < 1.29 is 22.8 Å². The fourth-order valence-electron chi connectivity index (χ4n) is 4.30. The zero-order chi connectivity index (χ0) is 25.5. The highest BCUT2D eigenvalue weighted by Crippen LogP contribution is 2.39. The zero-order valence-corrected chi connectivity index (χ0v) is 20.4. The maximum absolute atomic E-state index is 13.4. The van der Waals surface area contributed by atoms with Gasteiger partial charge in [0.25, 0.3) is 0 Å². The summed E-state index contributed by atoms with van der Waals surface area (Å²) in [6.45, 7) is 0. The van der Waals surface area contributed by atoms with Crippen molar-refractivity contribution in [3.05, 3.63) is 90.0 Å². The minimum absolute atomic E-state index is 0.0278. The Kier molecular flexibility index (Phi) is 8.36. The fraction of sp³-hybridized carbons (Fsp3) is 0.286. The molecule has 0 heterocycles. The summed E-state index contributed by atoms with van der Waals surface area (Å²) in [5, 5.41) is 4.66. The molecule has 8 heteroatoms. The third-order valence-corrected chi connectivity index (χ3v) is 7.45. The third kappa shape index (κ3) is 6.69. The lowest BCUT2D eigenvalue weighted by Gasteiger charge is -2.21. The van der Waals surface area contributed by atoms with Crippen LogP contribution < -0.4 is 10.6 Å². The van der Waals surface area contributed by atoms with E-state index in [1.165, 1.54) is 36.4 Å². The smallest absolute Gasteiger partial charge is 0.326 e. The molecule has 0 spiro atoms. The lowest BCUT2D eigenvalue weighted by atomic mass is 9.88. The number of thioether (sulfide) groups is 1. The second-order valence-electron chi connectivity index (χ2n) is 8.79. The molecule has 4 nitrogen and oxygen atoms in total. The van der Waals surface area contributed by atoms with Crippen LogP contribution in [0.15, 0.2) is 83.8 Å². The van der Waals surface area contributed by atoms with Gasteiger partial charge in [0, 0.05) is 16.5 Å². The van der Waals surface area contributed by atoms with Crippen molar-refractivity contribution in [3.8, 4) is 0 Å². The highest BCUT2D eigenvalue weighted by molar-refractivity contribution is 8.00. The van der Waals surface area contributed by atoms with E-state index < -0.39 is 22.9 Å². The highest BCUT2D eigenvalue weighted by atomic mass is 32.2. The number of carbonyl (C=O) groups excluding carboxylic acids is 2. The van der Waals surface area contributed by atoms with Crippen LogP contribution in [0.1, 0.15) is 48.5 Å². The van der Waals surface area contributed by atoms with Gasteiger partial charge >= 0.3 is 6.18 Å². The van der Waals surface area contributed by atoms with Crippen LogP contribution in [0, 0.1) is 5.92 Å². The van der Waals surface area contributed by atoms with Gasteiger partial charge in [-0.25, -0.2) is 0 Å². The SMILES string of the molecule is O=C(Nc1ccc(SC(C(=O)Nc2ccccc2C(F)(F)F)c2ccccc2)cc1)C1CCCCC1. The van der Waals surface area contributed by atoms with Gasteiger partial charge in [-0.3, -0.25) is 9.59 Å². The molecule has 2 amide bonds. The average Bonchev–Trinajstić information content (AvgIpc) is 2.89. The van der Waals surface area contributed by atoms with Gasteiger partial charge in [0.2, 0.25) is 11.8 Å². The summed E-state index contributed by atoms with van der Waals surface area (Å²) < 4.78 is 40.3. The summed E-state index contributed by atoms with van der Waals surface area (Å²) >= 11 is 1.23. The topological polar surface area (TPSA) is 58.2 Å². The number of carbonyl (C=O) groups is 2. The second kappa shape index (κ2) is 11.6. The maximum Gasteiger partial charge on any atom is 0.418 e. The van der Waals surface area contributed by atoms with E-state index in [2.05, 4.69) is 10.6 Å². The van der Waals surface area contributed by atoms with E-state index >= 15 is 0 Å². The average molecular weight is 513 g/mol. The summed E-state index contributed by atoms with van der Waals surface area (Å²) in [6, 6.07) is 21.0. The van der Waals surface area contributed by atoms with Crippen molar-refractivity contribution in [3.63, 3.8) is 0 Å². The third-order valence-electron chi connectivity index (χ3n) is 6.18. The van der Waals surface area contributed by atoms with Gasteiger partial charge in [-0.2, -0.15) is 13.2 Å². The molecule has 1 fully saturated rings. The van der Waals surface area contributed by atoms with E-state index in [9.17, 15) is 22.8 Å². The fourth-order valence-corrected chi connectivity index (χ4v) is 5.32. The Morgan fingerprint density at radius 2 is 1.44 bits per heavy atom. The Morgan fingerprint density at radius 1 is 0.806 bits per heavy atom. The number of hydrogen-bond acceptors (Lipinski definition) is 3. The van der Waals surface area contributed by atoms with Crippen molar-refractivity contribution in [1.29, 1.82) is 0 Å². The number of amides is 2. The van der Waals surface area contributed by atoms with Crippen LogP contribution in [0.3, 0.4) is 0 Å². The van der Waals surface area contributed by atoms with E-state index in [1.807, 2.05) is 6.07 Å². The first-order valence-corrected chi connectivity index (χ1v) is 12.8. The molecule has 0 aliphatic heterocycles. The summed E-state index contributed by atoms with van der Waals surface area (Å²) in [7, 11) is 0. The standard InChI is InChI=1S/C28H27F3N2O2S/c29-28(30,31)23-13-7-8-14-24(23)33-27(35)25(19-9-3-1-4-10-19)36-22-17-15-21(16-18-22)32-26(34)20-11-5-2-6-12-20/h1,3-4,7-10,13-18,20,25H,2,5-6,11-12H2,(H,32,34)(H,33,35). The van der Waals surface area contributed by atoms with Crippen molar-refractivity contribution in [1.82, 2.24) is 0 Å². The number of hydrogen-bond donors (Lipinski definition) is 2. The van der Waals surface area contributed by atoms with Crippen molar-refractivity contribution in [2.75, 3.05) is 10.6 Å². The van der Waals surface area contributed by atoms with Crippen LogP contribution in [0.5, 0.6) is 0 Å². The van der Waals surface area contributed by atoms with Gasteiger partial charge in [-0.1, -0.05) is 61.7 Å². The van der Waals surface area contributed by atoms with Crippen molar-refractivity contribution in [2.24, 2.45) is 5.92 Å². The minimum atomic E-state index is -4.59. The highest BCUT2D eigenvalue weighted by Gasteiger charge is 2.34. The van der Waals surface area contributed by atoms with E-state index in [0.29, 0.717) is 11.3 Å². The second-order valence-corrected chi connectivity index (χ2v) is 9.97. The van der Waals surface area contributed by atoms with E-state index in [0.717, 1.165) is 36.6 Å². The molecule has 0 saturated heterocycles. The molecule has 0 radical (unpaired) electrons. The molecular weight excluding hydrogens is 485 g/mol. The molecule has 1 saturated carbocycles. The van der Waals surface area contributed by atoms with Crippen LogP contribution >= 0.6 is 11.8 Å². The summed E-state index contributed by atoms with van der Waals surface area (Å²) in [5.41, 5.74) is 0.166. The molecule has 1 aliphatic rings. The number of anilines is 2.